The molecule has 21 heavy (non-hydrogen) atoms. The smallest absolute Gasteiger partial charge is 0.174 e. The number of hydrogen-bond donors (Lipinski definition) is 2. The van der Waals surface area contributed by atoms with E-state index >= 15 is 0 Å². The van der Waals surface area contributed by atoms with Crippen LogP contribution in [0.1, 0.15) is 39.6 Å². The maximum absolute atomic E-state index is 12.3. The second-order valence-corrected chi connectivity index (χ2v) is 5.44. The zero-order valence-electron chi connectivity index (χ0n) is 11.9. The fourth-order valence-corrected chi connectivity index (χ4v) is 2.59. The quantitative estimate of drug-likeness (QED) is 0.842. The van der Waals surface area contributed by atoms with Crippen LogP contribution in [0.5, 0.6) is 17.2 Å². The molecule has 0 radical (unpaired) electrons. The van der Waals surface area contributed by atoms with E-state index < -0.39 is 6.10 Å². The van der Waals surface area contributed by atoms with E-state index in [9.17, 15) is 15.0 Å². The number of ketones is 1. The second-order valence-electron chi connectivity index (χ2n) is 5.44. The van der Waals surface area contributed by atoms with Gasteiger partial charge in [-0.3, -0.25) is 4.79 Å². The maximum Gasteiger partial charge on any atom is 0.174 e. The van der Waals surface area contributed by atoms with Crippen LogP contribution in [-0.4, -0.2) is 16.0 Å². The van der Waals surface area contributed by atoms with Gasteiger partial charge in [0, 0.05) is 0 Å². The summed E-state index contributed by atoms with van der Waals surface area (Å²) >= 11 is 0. The van der Waals surface area contributed by atoms with Crippen LogP contribution in [0.4, 0.5) is 0 Å². The van der Waals surface area contributed by atoms with E-state index in [2.05, 4.69) is 0 Å². The first-order valence-corrected chi connectivity index (χ1v) is 6.78. The standard InChI is InChI=1S/C17H16O4/c1-9-5-13(19)17-14(20)8-15(21-16(17)6-9)11-4-3-10(2)12(18)7-11/h3-7,15,18-19H,8H2,1-2H3/t15-/m0/s1. The third kappa shape index (κ3) is 2.33. The minimum Gasteiger partial charge on any atom is -0.508 e. The molecule has 1 aliphatic heterocycles. The molecule has 0 saturated carbocycles. The monoisotopic (exact) mass is 284 g/mol. The Bertz CT molecular complexity index is 734. The SMILES string of the molecule is Cc1cc(O)c2c(c1)O[C@H](c1ccc(C)c(O)c1)CC2=O. The van der Waals surface area contributed by atoms with E-state index in [4.69, 9.17) is 4.74 Å². The third-order valence-electron chi connectivity index (χ3n) is 3.75. The predicted molar refractivity (Wildman–Crippen MR) is 78.0 cm³/mol. The molecular weight excluding hydrogens is 268 g/mol. The first-order chi connectivity index (χ1) is 9.95. The summed E-state index contributed by atoms with van der Waals surface area (Å²) in [6, 6.07) is 8.55. The molecule has 0 spiro atoms. The molecule has 0 saturated heterocycles. The highest BCUT2D eigenvalue weighted by atomic mass is 16.5. The van der Waals surface area contributed by atoms with Gasteiger partial charge < -0.3 is 14.9 Å². The number of ether oxygens (including phenoxy) is 1. The van der Waals surface area contributed by atoms with Crippen LogP contribution in [-0.2, 0) is 0 Å². The van der Waals surface area contributed by atoms with Gasteiger partial charge in [-0.25, -0.2) is 0 Å². The summed E-state index contributed by atoms with van der Waals surface area (Å²) in [6.45, 7) is 3.64. The van der Waals surface area contributed by atoms with Crippen molar-refractivity contribution in [1.82, 2.24) is 0 Å². The van der Waals surface area contributed by atoms with E-state index in [1.54, 1.807) is 24.3 Å². The lowest BCUT2D eigenvalue weighted by Gasteiger charge is -2.26. The van der Waals surface area contributed by atoms with Crippen molar-refractivity contribution >= 4 is 5.78 Å². The summed E-state index contributed by atoms with van der Waals surface area (Å²) in [4.78, 5) is 12.3. The zero-order valence-corrected chi connectivity index (χ0v) is 11.9. The molecule has 4 heteroatoms. The number of carbonyl (C=O) groups excluding carboxylic acids is 1. The highest BCUT2D eigenvalue weighted by molar-refractivity contribution is 6.02. The summed E-state index contributed by atoms with van der Waals surface area (Å²) in [7, 11) is 0. The molecule has 0 aliphatic carbocycles. The Balaban J connectivity index is 2.01. The minimum absolute atomic E-state index is 0.0415. The van der Waals surface area contributed by atoms with Crippen molar-refractivity contribution in [2.24, 2.45) is 0 Å². The fraction of sp³-hybridized carbons (Fsp3) is 0.235. The van der Waals surface area contributed by atoms with Gasteiger partial charge in [0.1, 0.15) is 28.9 Å². The molecule has 1 heterocycles. The van der Waals surface area contributed by atoms with Crippen molar-refractivity contribution in [3.63, 3.8) is 0 Å². The number of rotatable bonds is 1. The molecular formula is C17H16O4. The lowest BCUT2D eigenvalue weighted by atomic mass is 9.94. The molecule has 0 unspecified atom stereocenters. The van der Waals surface area contributed by atoms with E-state index in [0.29, 0.717) is 5.75 Å². The Hall–Kier alpha value is -2.49. The van der Waals surface area contributed by atoms with Gasteiger partial charge in [-0.2, -0.15) is 0 Å². The molecule has 2 N–H and O–H groups in total. The molecule has 0 amide bonds. The molecule has 2 aromatic rings. The van der Waals surface area contributed by atoms with Gasteiger partial charge in [0.15, 0.2) is 5.78 Å². The summed E-state index contributed by atoms with van der Waals surface area (Å²) in [6.07, 6.45) is -0.302. The summed E-state index contributed by atoms with van der Waals surface area (Å²) < 4.78 is 5.85. The third-order valence-corrected chi connectivity index (χ3v) is 3.75. The Labute approximate surface area is 122 Å². The maximum atomic E-state index is 12.3. The van der Waals surface area contributed by atoms with Crippen LogP contribution in [0, 0.1) is 13.8 Å². The van der Waals surface area contributed by atoms with E-state index in [0.717, 1.165) is 16.7 Å². The predicted octanol–water partition coefficient (Wildman–Crippen LogP) is 3.42. The van der Waals surface area contributed by atoms with Gasteiger partial charge in [0.05, 0.1) is 6.42 Å². The number of fused-ring (bicyclic) bond motifs is 1. The number of benzene rings is 2. The van der Waals surface area contributed by atoms with Crippen molar-refractivity contribution in [2.45, 2.75) is 26.4 Å². The number of aryl methyl sites for hydroxylation is 2. The highest BCUT2D eigenvalue weighted by Crippen LogP contribution is 2.40. The van der Waals surface area contributed by atoms with Crippen molar-refractivity contribution in [3.8, 4) is 17.2 Å². The summed E-state index contributed by atoms with van der Waals surface area (Å²) in [5.74, 6) is 0.384. The summed E-state index contributed by atoms with van der Waals surface area (Å²) in [5, 5.41) is 19.7. The molecule has 3 rings (SSSR count). The van der Waals surface area contributed by atoms with Gasteiger partial charge in [-0.15, -0.1) is 0 Å². The Morgan fingerprint density at radius 1 is 1.10 bits per heavy atom. The average molecular weight is 284 g/mol. The second kappa shape index (κ2) is 4.81. The minimum atomic E-state index is -0.447. The number of phenolic OH excluding ortho intramolecular Hbond substituents is 2. The molecule has 1 aliphatic rings. The fourth-order valence-electron chi connectivity index (χ4n) is 2.59. The summed E-state index contributed by atoms with van der Waals surface area (Å²) in [5.41, 5.74) is 2.59. The largest absolute Gasteiger partial charge is 0.508 e. The Kier molecular flexibility index (Phi) is 3.09. The first-order valence-electron chi connectivity index (χ1n) is 6.78. The van der Waals surface area contributed by atoms with E-state index in [1.165, 1.54) is 0 Å². The molecule has 0 bridgehead atoms. The molecule has 1 atom stereocenters. The van der Waals surface area contributed by atoms with Crippen LogP contribution < -0.4 is 4.74 Å². The number of hydrogen-bond acceptors (Lipinski definition) is 4. The highest BCUT2D eigenvalue weighted by Gasteiger charge is 2.30. The molecule has 2 aromatic carbocycles. The number of carbonyl (C=O) groups is 1. The van der Waals surface area contributed by atoms with Crippen molar-refractivity contribution in [2.75, 3.05) is 0 Å². The van der Waals surface area contributed by atoms with Gasteiger partial charge >= 0.3 is 0 Å². The first kappa shape index (κ1) is 13.5. The van der Waals surface area contributed by atoms with Gasteiger partial charge in [0.2, 0.25) is 0 Å². The van der Waals surface area contributed by atoms with Crippen molar-refractivity contribution < 1.29 is 19.7 Å². The van der Waals surface area contributed by atoms with Gasteiger partial charge in [-0.1, -0.05) is 12.1 Å². The lowest BCUT2D eigenvalue weighted by Crippen LogP contribution is -2.20. The lowest BCUT2D eigenvalue weighted by molar-refractivity contribution is 0.0845. The van der Waals surface area contributed by atoms with E-state index in [-0.39, 0.29) is 29.3 Å². The number of phenols is 2. The molecule has 0 fully saturated rings. The van der Waals surface area contributed by atoms with Crippen molar-refractivity contribution in [1.29, 1.82) is 0 Å². The zero-order chi connectivity index (χ0) is 15.1. The van der Waals surface area contributed by atoms with Crippen LogP contribution in [0.25, 0.3) is 0 Å². The number of Topliss-reactive ketones (excluding diaryl/α,β-unsaturated/α-hetero) is 1. The molecule has 4 nitrogen and oxygen atoms in total. The molecule has 108 valence electrons. The number of aromatic hydroxyl groups is 2. The average Bonchev–Trinajstić information content (AvgIpc) is 2.40. The van der Waals surface area contributed by atoms with Gasteiger partial charge in [0.25, 0.3) is 0 Å². The van der Waals surface area contributed by atoms with Gasteiger partial charge in [-0.05, 0) is 48.7 Å². The molecule has 0 aromatic heterocycles. The van der Waals surface area contributed by atoms with Crippen molar-refractivity contribution in [3.05, 3.63) is 52.6 Å². The normalized spacial score (nSPS) is 17.2. The van der Waals surface area contributed by atoms with Crippen LogP contribution in [0.2, 0.25) is 0 Å². The Morgan fingerprint density at radius 3 is 2.57 bits per heavy atom. The van der Waals surface area contributed by atoms with Crippen LogP contribution in [0.15, 0.2) is 30.3 Å². The van der Waals surface area contributed by atoms with Crippen LogP contribution in [0.3, 0.4) is 0 Å². The Morgan fingerprint density at radius 2 is 1.86 bits per heavy atom. The topological polar surface area (TPSA) is 66.8 Å². The van der Waals surface area contributed by atoms with E-state index in [1.807, 2.05) is 19.9 Å². The van der Waals surface area contributed by atoms with Crippen LogP contribution >= 0.6 is 0 Å².